The summed E-state index contributed by atoms with van der Waals surface area (Å²) < 4.78 is 44.2. The zero-order chi connectivity index (χ0) is 29.1. The average Bonchev–Trinajstić information content (AvgIpc) is 2.94. The first-order valence-electron chi connectivity index (χ1n) is 14.0. The minimum atomic E-state index is -2.50. The van der Waals surface area contributed by atoms with Gasteiger partial charge in [-0.1, -0.05) is 6.07 Å². The monoisotopic (exact) mass is 583 g/mol. The van der Waals surface area contributed by atoms with Gasteiger partial charge in [0.25, 0.3) is 0 Å². The molecule has 41 heavy (non-hydrogen) atoms. The number of rotatable bonds is 6. The Balaban J connectivity index is 1.38. The molecule has 0 unspecified atom stereocenters. The fourth-order valence-electron chi connectivity index (χ4n) is 5.65. The zero-order valence-corrected chi connectivity index (χ0v) is 25.0. The van der Waals surface area contributed by atoms with Crippen LogP contribution in [0, 0.1) is 12.7 Å². The predicted octanol–water partition coefficient (Wildman–Crippen LogP) is 5.10. The van der Waals surface area contributed by atoms with E-state index in [4.69, 9.17) is 9.47 Å². The van der Waals surface area contributed by atoms with Crippen molar-refractivity contribution in [2.75, 3.05) is 45.8 Å². The molecule has 0 radical (unpaired) electrons. The highest BCUT2D eigenvalue weighted by molar-refractivity contribution is 7.93. The minimum Gasteiger partial charge on any atom is -0.490 e. The molecule has 2 aromatic carbocycles. The maximum atomic E-state index is 14.3. The fourth-order valence-corrected chi connectivity index (χ4v) is 7.53. The van der Waals surface area contributed by atoms with Crippen LogP contribution >= 0.6 is 0 Å². The number of amides is 2. The van der Waals surface area contributed by atoms with Crippen LogP contribution in [0.5, 0.6) is 5.75 Å². The second-order valence-corrected chi connectivity index (χ2v) is 13.6. The topological polar surface area (TPSA) is 97.2 Å². The average molecular weight is 584 g/mol. The van der Waals surface area contributed by atoms with Gasteiger partial charge in [0.15, 0.2) is 0 Å². The summed E-state index contributed by atoms with van der Waals surface area (Å²) in [5.41, 5.74) is 3.89. The molecule has 11 heteroatoms. The van der Waals surface area contributed by atoms with Gasteiger partial charge in [0.2, 0.25) is 0 Å². The van der Waals surface area contributed by atoms with Gasteiger partial charge in [-0.05, 0) is 56.4 Å². The lowest BCUT2D eigenvalue weighted by Crippen LogP contribution is -2.47. The molecule has 2 heterocycles. The summed E-state index contributed by atoms with van der Waals surface area (Å²) in [6.45, 7) is 2.79. The number of methoxy groups -OCH3 is 1. The number of benzene rings is 2. The van der Waals surface area contributed by atoms with E-state index >= 15 is 0 Å². The molecule has 3 aromatic rings. The van der Waals surface area contributed by atoms with E-state index in [2.05, 4.69) is 14.3 Å². The lowest BCUT2D eigenvalue weighted by molar-refractivity contribution is 0.0324. The van der Waals surface area contributed by atoms with Crippen molar-refractivity contribution in [2.45, 2.75) is 51.2 Å². The Morgan fingerprint density at radius 3 is 2.49 bits per heavy atom. The summed E-state index contributed by atoms with van der Waals surface area (Å²) in [4.78, 5) is 24.6. The molecule has 0 atom stereocenters. The van der Waals surface area contributed by atoms with E-state index in [1.54, 1.807) is 32.2 Å². The molecular formula is C30H38FN5O4S. The number of urea groups is 1. The smallest absolute Gasteiger partial charge is 0.319 e. The maximum absolute atomic E-state index is 14.3. The van der Waals surface area contributed by atoms with Gasteiger partial charge >= 0.3 is 6.03 Å². The van der Waals surface area contributed by atoms with E-state index < -0.39 is 9.73 Å². The Kier molecular flexibility index (Phi) is 8.74. The number of aromatic nitrogens is 2. The fraction of sp³-hybridized carbons (Fsp3) is 0.500. The molecule has 1 aliphatic heterocycles. The minimum absolute atomic E-state index is 0.0183. The van der Waals surface area contributed by atoms with Crippen molar-refractivity contribution in [1.82, 2.24) is 19.8 Å². The maximum Gasteiger partial charge on any atom is 0.319 e. The highest BCUT2D eigenvalue weighted by atomic mass is 32.2. The third-order valence-corrected chi connectivity index (χ3v) is 10.1. The lowest BCUT2D eigenvalue weighted by Gasteiger charge is -2.30. The number of nitrogens with zero attached hydrogens (tertiary/aromatic N) is 5. The first kappa shape index (κ1) is 29.2. The third kappa shape index (κ3) is 6.78. The first-order valence-corrected chi connectivity index (χ1v) is 15.9. The first-order chi connectivity index (χ1) is 19.6. The molecule has 9 nitrogen and oxygen atoms in total. The Hall–Kier alpha value is -3.31. The molecule has 5 rings (SSSR count). The Morgan fingerprint density at radius 1 is 1.10 bits per heavy atom. The number of aryl methyl sites for hydroxylation is 1. The van der Waals surface area contributed by atoms with Crippen molar-refractivity contribution >= 4 is 32.4 Å². The molecule has 2 amide bonds. The van der Waals surface area contributed by atoms with Crippen LogP contribution in [0.25, 0.3) is 10.9 Å². The van der Waals surface area contributed by atoms with Crippen molar-refractivity contribution < 1.29 is 22.9 Å². The summed E-state index contributed by atoms with van der Waals surface area (Å²) >= 11 is 0. The van der Waals surface area contributed by atoms with E-state index in [0.717, 1.165) is 47.9 Å². The van der Waals surface area contributed by atoms with Gasteiger partial charge < -0.3 is 19.3 Å². The van der Waals surface area contributed by atoms with E-state index in [1.165, 1.54) is 23.4 Å². The van der Waals surface area contributed by atoms with E-state index in [1.807, 2.05) is 19.1 Å². The van der Waals surface area contributed by atoms with Crippen molar-refractivity contribution in [2.24, 2.45) is 4.36 Å². The number of carbonyl (C=O) groups is 1. The molecule has 2 fully saturated rings. The number of fused-ring (bicyclic) bond motifs is 1. The number of hydrogen-bond acceptors (Lipinski definition) is 7. The van der Waals surface area contributed by atoms with Crippen molar-refractivity contribution in [3.05, 3.63) is 59.3 Å². The van der Waals surface area contributed by atoms with Crippen molar-refractivity contribution in [1.29, 1.82) is 0 Å². The molecule has 0 spiro atoms. The molecule has 2 aliphatic rings. The van der Waals surface area contributed by atoms with Crippen LogP contribution in [0.3, 0.4) is 0 Å². The van der Waals surface area contributed by atoms with Gasteiger partial charge in [0, 0.05) is 69.2 Å². The molecular weight excluding hydrogens is 545 g/mol. The van der Waals surface area contributed by atoms with Gasteiger partial charge in [-0.2, -0.15) is 4.36 Å². The molecule has 0 N–H and O–H groups in total. The van der Waals surface area contributed by atoms with Crippen LogP contribution < -0.4 is 4.74 Å². The van der Waals surface area contributed by atoms with Gasteiger partial charge in [0.05, 0.1) is 38.8 Å². The predicted molar refractivity (Wildman–Crippen MR) is 158 cm³/mol. The second kappa shape index (κ2) is 12.3. The zero-order valence-electron chi connectivity index (χ0n) is 24.1. The summed E-state index contributed by atoms with van der Waals surface area (Å²) in [6, 6.07) is 8.34. The summed E-state index contributed by atoms with van der Waals surface area (Å²) in [5, 5.41) is 0.892. The van der Waals surface area contributed by atoms with E-state index in [9.17, 15) is 13.4 Å². The van der Waals surface area contributed by atoms with Crippen LogP contribution in [0.4, 0.5) is 14.9 Å². The lowest BCUT2D eigenvalue weighted by atomic mass is 9.94. The van der Waals surface area contributed by atoms with Gasteiger partial charge in [-0.25, -0.2) is 23.4 Å². The summed E-state index contributed by atoms with van der Waals surface area (Å²) in [7, 11) is 2.66. The van der Waals surface area contributed by atoms with Crippen molar-refractivity contribution in [3.63, 3.8) is 0 Å². The third-order valence-electron chi connectivity index (χ3n) is 7.92. The quantitative estimate of drug-likeness (QED) is 0.401. The van der Waals surface area contributed by atoms with E-state index in [-0.39, 0.29) is 24.1 Å². The number of hydrogen-bond donors (Lipinski definition) is 0. The van der Waals surface area contributed by atoms with Gasteiger partial charge in [-0.3, -0.25) is 0 Å². The number of ether oxygens (including phenoxy) is 2. The van der Waals surface area contributed by atoms with E-state index in [0.29, 0.717) is 48.0 Å². The molecule has 0 bridgehead atoms. The van der Waals surface area contributed by atoms with Crippen molar-refractivity contribution in [3.8, 4) is 5.75 Å². The molecule has 220 valence electrons. The van der Waals surface area contributed by atoms with Crippen LogP contribution in [0.2, 0.25) is 0 Å². The largest absolute Gasteiger partial charge is 0.490 e. The highest BCUT2D eigenvalue weighted by Crippen LogP contribution is 2.32. The second-order valence-electron chi connectivity index (χ2n) is 11.1. The molecule has 1 aliphatic carbocycles. The van der Waals surface area contributed by atoms with Crippen LogP contribution in [0.1, 0.15) is 42.5 Å². The summed E-state index contributed by atoms with van der Waals surface area (Å²) in [6.07, 6.45) is 5.82. The van der Waals surface area contributed by atoms with Crippen LogP contribution in [-0.2, 0) is 20.9 Å². The van der Waals surface area contributed by atoms with Crippen LogP contribution in [-0.4, -0.2) is 88.0 Å². The standard InChI is InChI=1S/C30H38FN5O4S/c1-20-15-23(34-41(38)13-11-36(12-14-41)30(37)35(2)3)18-27-29(20)26(32-19-33-27)16-21-5-6-22(31)17-28(21)40-25-9-7-24(39-4)8-10-25/h5-6,15,17-19,24-25H,7-14,16H2,1-4H3. The SMILES string of the molecule is COC1CCC(Oc2cc(F)ccc2Cc2ncnc3cc(N=S4(=O)CCN(C(=O)N(C)C)CC4)cc(C)c23)CC1. The molecule has 1 aromatic heterocycles. The molecule has 1 saturated heterocycles. The Labute approximate surface area is 241 Å². The molecule has 1 saturated carbocycles. The highest BCUT2D eigenvalue weighted by Gasteiger charge is 2.26. The summed E-state index contributed by atoms with van der Waals surface area (Å²) in [5.74, 6) is 0.867. The Bertz CT molecular complexity index is 1530. The van der Waals surface area contributed by atoms with Gasteiger partial charge in [0.1, 0.15) is 17.9 Å². The van der Waals surface area contributed by atoms with Gasteiger partial charge in [-0.15, -0.1) is 0 Å². The Morgan fingerprint density at radius 2 is 1.80 bits per heavy atom. The number of halogens is 1. The normalized spacial score (nSPS) is 20.6. The number of carbonyl (C=O) groups excluding carboxylic acids is 1. The van der Waals surface area contributed by atoms with Crippen LogP contribution in [0.15, 0.2) is 41.0 Å².